The number of Topliss-reactive ketones (excluding diaryl/α,β-unsaturated/α-hetero) is 1. The van der Waals surface area contributed by atoms with Crippen molar-refractivity contribution in [3.63, 3.8) is 0 Å². The lowest BCUT2D eigenvalue weighted by Gasteiger charge is -2.15. The summed E-state index contributed by atoms with van der Waals surface area (Å²) in [5, 5.41) is 3.00. The molecule has 1 aromatic heterocycles. The molecule has 28 heavy (non-hydrogen) atoms. The first kappa shape index (κ1) is 22.0. The number of carbonyl (C=O) groups is 3. The standard InChI is InChI=1S/C19H19BrClNO6/c1-5-26-19(25)16-15(9(2)23)10(3)28-18(16)22-17(24)11(4)27-14-7-6-12(21)8-13(14)20/h6-8,11H,5H2,1-4H3,(H,22,24). The number of ketones is 1. The summed E-state index contributed by atoms with van der Waals surface area (Å²) in [6.45, 7) is 6.10. The van der Waals surface area contributed by atoms with Crippen LogP contribution in [0.15, 0.2) is 27.1 Å². The van der Waals surface area contributed by atoms with Crippen LogP contribution in [0.5, 0.6) is 5.75 Å². The van der Waals surface area contributed by atoms with E-state index in [1.165, 1.54) is 20.8 Å². The van der Waals surface area contributed by atoms with Crippen molar-refractivity contribution in [1.29, 1.82) is 0 Å². The van der Waals surface area contributed by atoms with Gasteiger partial charge in [-0.25, -0.2) is 4.79 Å². The monoisotopic (exact) mass is 471 g/mol. The molecule has 0 radical (unpaired) electrons. The van der Waals surface area contributed by atoms with Crippen molar-refractivity contribution in [3.8, 4) is 5.75 Å². The van der Waals surface area contributed by atoms with Crippen LogP contribution in [0.25, 0.3) is 0 Å². The zero-order chi connectivity index (χ0) is 21.0. The second-order valence-corrected chi connectivity index (χ2v) is 7.13. The summed E-state index contributed by atoms with van der Waals surface area (Å²) in [6, 6.07) is 4.88. The zero-order valence-corrected chi connectivity index (χ0v) is 18.1. The predicted octanol–water partition coefficient (Wildman–Crippen LogP) is 4.79. The summed E-state index contributed by atoms with van der Waals surface area (Å²) in [7, 11) is 0. The van der Waals surface area contributed by atoms with Crippen molar-refractivity contribution in [3.05, 3.63) is 44.6 Å². The van der Waals surface area contributed by atoms with Gasteiger partial charge in [0.15, 0.2) is 11.9 Å². The van der Waals surface area contributed by atoms with E-state index in [1.807, 2.05) is 0 Å². The maximum Gasteiger partial charge on any atom is 0.344 e. The van der Waals surface area contributed by atoms with E-state index in [2.05, 4.69) is 21.2 Å². The third-order valence-electron chi connectivity index (χ3n) is 3.72. The molecule has 0 saturated heterocycles. The molecule has 150 valence electrons. The minimum absolute atomic E-state index is 0.0720. The molecule has 0 spiro atoms. The molecular weight excluding hydrogens is 454 g/mol. The third kappa shape index (κ3) is 4.94. The maximum absolute atomic E-state index is 12.5. The Morgan fingerprint density at radius 2 is 1.96 bits per heavy atom. The van der Waals surface area contributed by atoms with Crippen molar-refractivity contribution >= 4 is 51.1 Å². The van der Waals surface area contributed by atoms with Crippen LogP contribution in [0.1, 0.15) is 47.2 Å². The Balaban J connectivity index is 2.26. The van der Waals surface area contributed by atoms with Gasteiger partial charge in [0.1, 0.15) is 17.1 Å². The first-order valence-electron chi connectivity index (χ1n) is 8.39. The van der Waals surface area contributed by atoms with Crippen molar-refractivity contribution in [2.75, 3.05) is 11.9 Å². The first-order chi connectivity index (χ1) is 13.1. The molecule has 2 aromatic rings. The number of benzene rings is 1. The highest BCUT2D eigenvalue weighted by Gasteiger charge is 2.30. The first-order valence-corrected chi connectivity index (χ1v) is 9.56. The molecule has 0 aliphatic rings. The fourth-order valence-corrected chi connectivity index (χ4v) is 3.26. The number of rotatable bonds is 7. The van der Waals surface area contributed by atoms with E-state index < -0.39 is 18.0 Å². The van der Waals surface area contributed by atoms with Gasteiger partial charge in [-0.3, -0.25) is 14.9 Å². The second-order valence-electron chi connectivity index (χ2n) is 5.84. The lowest BCUT2D eigenvalue weighted by molar-refractivity contribution is -0.122. The Kier molecular flexibility index (Phi) is 7.26. The number of nitrogens with one attached hydrogen (secondary N) is 1. The highest BCUT2D eigenvalue weighted by atomic mass is 79.9. The molecule has 9 heteroatoms. The van der Waals surface area contributed by atoms with Crippen molar-refractivity contribution in [2.45, 2.75) is 33.8 Å². The van der Waals surface area contributed by atoms with Gasteiger partial charge in [-0.05, 0) is 61.8 Å². The molecule has 1 heterocycles. The van der Waals surface area contributed by atoms with Crippen LogP contribution in [-0.4, -0.2) is 30.4 Å². The molecule has 1 atom stereocenters. The number of halogens is 2. The van der Waals surface area contributed by atoms with E-state index in [0.717, 1.165) is 0 Å². The fraction of sp³-hybridized carbons (Fsp3) is 0.316. The molecule has 1 amide bonds. The number of carbonyl (C=O) groups excluding carboxylic acids is 3. The normalized spacial score (nSPS) is 11.6. The van der Waals surface area contributed by atoms with E-state index >= 15 is 0 Å². The van der Waals surface area contributed by atoms with E-state index in [4.69, 9.17) is 25.5 Å². The van der Waals surface area contributed by atoms with Crippen LogP contribution >= 0.6 is 27.5 Å². The van der Waals surface area contributed by atoms with Gasteiger partial charge < -0.3 is 13.9 Å². The minimum Gasteiger partial charge on any atom is -0.480 e. The lowest BCUT2D eigenvalue weighted by Crippen LogP contribution is -2.30. The molecule has 0 aliphatic carbocycles. The second kappa shape index (κ2) is 9.25. The minimum atomic E-state index is -0.932. The van der Waals surface area contributed by atoms with E-state index in [0.29, 0.717) is 15.2 Å². The number of anilines is 1. The number of aryl methyl sites for hydroxylation is 1. The molecule has 7 nitrogen and oxygen atoms in total. The van der Waals surface area contributed by atoms with E-state index in [1.54, 1.807) is 25.1 Å². The number of amides is 1. The van der Waals surface area contributed by atoms with Crippen molar-refractivity contribution in [1.82, 2.24) is 0 Å². The summed E-state index contributed by atoms with van der Waals surface area (Å²) < 4.78 is 16.6. The molecule has 2 rings (SSSR count). The number of furan rings is 1. The molecule has 0 aliphatic heterocycles. The molecule has 0 saturated carbocycles. The number of esters is 1. The summed E-state index contributed by atoms with van der Waals surface area (Å²) in [6.07, 6.45) is -0.932. The van der Waals surface area contributed by atoms with Gasteiger partial charge in [-0.15, -0.1) is 0 Å². The summed E-state index contributed by atoms with van der Waals surface area (Å²) in [5.74, 6) is -1.24. The van der Waals surface area contributed by atoms with Gasteiger partial charge in [-0.1, -0.05) is 11.6 Å². The van der Waals surface area contributed by atoms with Crippen LogP contribution in [0.3, 0.4) is 0 Å². The number of hydrogen-bond donors (Lipinski definition) is 1. The van der Waals surface area contributed by atoms with E-state index in [-0.39, 0.29) is 35.2 Å². The van der Waals surface area contributed by atoms with Crippen LogP contribution in [0, 0.1) is 6.92 Å². The van der Waals surface area contributed by atoms with E-state index in [9.17, 15) is 14.4 Å². The zero-order valence-electron chi connectivity index (χ0n) is 15.7. The Bertz CT molecular complexity index is 923. The third-order valence-corrected chi connectivity index (χ3v) is 4.57. The van der Waals surface area contributed by atoms with Crippen molar-refractivity contribution < 1.29 is 28.3 Å². The Labute approximate surface area is 175 Å². The predicted molar refractivity (Wildman–Crippen MR) is 107 cm³/mol. The largest absolute Gasteiger partial charge is 0.480 e. The van der Waals surface area contributed by atoms with Crippen LogP contribution in [-0.2, 0) is 9.53 Å². The van der Waals surface area contributed by atoms with Crippen LogP contribution in [0.4, 0.5) is 5.88 Å². The van der Waals surface area contributed by atoms with Crippen LogP contribution < -0.4 is 10.1 Å². The Hall–Kier alpha value is -2.32. The lowest BCUT2D eigenvalue weighted by atomic mass is 10.1. The molecular formula is C19H19BrClNO6. The Morgan fingerprint density at radius 3 is 2.54 bits per heavy atom. The number of ether oxygens (including phenoxy) is 2. The van der Waals surface area contributed by atoms with Gasteiger partial charge >= 0.3 is 5.97 Å². The van der Waals surface area contributed by atoms with Gasteiger partial charge in [0, 0.05) is 5.02 Å². The molecule has 1 unspecified atom stereocenters. The van der Waals surface area contributed by atoms with Crippen LogP contribution in [0.2, 0.25) is 5.02 Å². The average molecular weight is 473 g/mol. The maximum atomic E-state index is 12.5. The molecule has 0 fully saturated rings. The quantitative estimate of drug-likeness (QED) is 0.460. The van der Waals surface area contributed by atoms with Crippen molar-refractivity contribution in [2.24, 2.45) is 0 Å². The van der Waals surface area contributed by atoms with Gasteiger partial charge in [-0.2, -0.15) is 0 Å². The van der Waals surface area contributed by atoms with Gasteiger partial charge in [0.2, 0.25) is 5.88 Å². The highest BCUT2D eigenvalue weighted by Crippen LogP contribution is 2.30. The average Bonchev–Trinajstić information content (AvgIpc) is 2.93. The summed E-state index contributed by atoms with van der Waals surface area (Å²) in [5.41, 5.74) is -0.0390. The fourth-order valence-electron chi connectivity index (χ4n) is 2.48. The molecule has 1 aromatic carbocycles. The molecule has 1 N–H and O–H groups in total. The van der Waals surface area contributed by atoms with Gasteiger partial charge in [0.05, 0.1) is 16.6 Å². The topological polar surface area (TPSA) is 94.8 Å². The highest BCUT2D eigenvalue weighted by molar-refractivity contribution is 9.10. The number of hydrogen-bond acceptors (Lipinski definition) is 6. The van der Waals surface area contributed by atoms with Gasteiger partial charge in [0.25, 0.3) is 5.91 Å². The summed E-state index contributed by atoms with van der Waals surface area (Å²) >= 11 is 9.20. The summed E-state index contributed by atoms with van der Waals surface area (Å²) in [4.78, 5) is 36.7. The smallest absolute Gasteiger partial charge is 0.344 e. The molecule has 0 bridgehead atoms. The Morgan fingerprint density at radius 1 is 1.29 bits per heavy atom. The SMILES string of the molecule is CCOC(=O)c1c(NC(=O)C(C)Oc2ccc(Cl)cc2Br)oc(C)c1C(C)=O.